The van der Waals surface area contributed by atoms with Gasteiger partial charge in [0.1, 0.15) is 5.82 Å². The minimum absolute atomic E-state index is 0.0784. The minimum Gasteiger partial charge on any atom is -0.399 e. The molecule has 0 radical (unpaired) electrons. The monoisotopic (exact) mass is 291 g/mol. The highest BCUT2D eigenvalue weighted by Gasteiger charge is 2.52. The van der Waals surface area contributed by atoms with Crippen LogP contribution in [0.3, 0.4) is 0 Å². The van der Waals surface area contributed by atoms with Gasteiger partial charge in [0.15, 0.2) is 0 Å². The molecule has 21 heavy (non-hydrogen) atoms. The Morgan fingerprint density at radius 1 is 1.14 bits per heavy atom. The summed E-state index contributed by atoms with van der Waals surface area (Å²) >= 11 is 0. The number of fused-ring (bicyclic) bond motifs is 1. The molecule has 0 bridgehead atoms. The number of nitrogens with one attached hydrogen (secondary N) is 1. The molecule has 2 heterocycles. The third kappa shape index (κ3) is 2.36. The fraction of sp³-hybridized carbons (Fsp3) is 0.533. The van der Waals surface area contributed by atoms with Crippen molar-refractivity contribution in [2.75, 3.05) is 5.32 Å². The number of anilines is 1. The molecule has 2 aliphatic heterocycles. The summed E-state index contributed by atoms with van der Waals surface area (Å²) in [7, 11) is -0.724. The maximum absolute atomic E-state index is 14.3. The maximum Gasteiger partial charge on any atom is 0.497 e. The Morgan fingerprint density at radius 2 is 1.76 bits per heavy atom. The molecule has 1 fully saturated rings. The molecule has 1 N–H and O–H groups in total. The zero-order chi connectivity index (χ0) is 15.4. The summed E-state index contributed by atoms with van der Waals surface area (Å²) in [6.45, 7) is 7.74. The summed E-state index contributed by atoms with van der Waals surface area (Å²) in [6, 6.07) is 3.10. The second-order valence-electron chi connectivity index (χ2n) is 6.67. The summed E-state index contributed by atoms with van der Waals surface area (Å²) in [6.07, 6.45) is 1.02. The zero-order valence-corrected chi connectivity index (χ0v) is 12.7. The number of benzene rings is 1. The highest BCUT2D eigenvalue weighted by molar-refractivity contribution is 6.62. The number of hydrogen-bond donors (Lipinski definition) is 1. The van der Waals surface area contributed by atoms with Crippen LogP contribution < -0.4 is 10.8 Å². The van der Waals surface area contributed by atoms with Gasteiger partial charge >= 0.3 is 7.12 Å². The lowest BCUT2D eigenvalue weighted by molar-refractivity contribution is -0.116. The Kier molecular flexibility index (Phi) is 3.15. The molecule has 0 unspecified atom stereocenters. The van der Waals surface area contributed by atoms with E-state index in [2.05, 4.69) is 5.32 Å². The normalized spacial score (nSPS) is 22.9. The van der Waals surface area contributed by atoms with Gasteiger partial charge in [-0.3, -0.25) is 4.79 Å². The van der Waals surface area contributed by atoms with E-state index >= 15 is 0 Å². The number of halogens is 1. The van der Waals surface area contributed by atoms with E-state index in [4.69, 9.17) is 9.31 Å². The van der Waals surface area contributed by atoms with Gasteiger partial charge in [-0.1, -0.05) is 6.07 Å². The van der Waals surface area contributed by atoms with Crippen molar-refractivity contribution in [3.05, 3.63) is 23.5 Å². The largest absolute Gasteiger partial charge is 0.497 e. The van der Waals surface area contributed by atoms with Crippen molar-refractivity contribution in [3.8, 4) is 0 Å². The molecule has 1 amide bonds. The van der Waals surface area contributed by atoms with E-state index in [9.17, 15) is 9.18 Å². The van der Waals surface area contributed by atoms with E-state index in [0.717, 1.165) is 5.56 Å². The first-order valence-electron chi connectivity index (χ1n) is 7.17. The summed E-state index contributed by atoms with van der Waals surface area (Å²) < 4.78 is 26.1. The molecular formula is C15H19BFNO3. The van der Waals surface area contributed by atoms with Crippen molar-refractivity contribution in [2.24, 2.45) is 0 Å². The smallest absolute Gasteiger partial charge is 0.399 e. The number of carbonyl (C=O) groups is 1. The van der Waals surface area contributed by atoms with Crippen molar-refractivity contribution in [1.29, 1.82) is 0 Å². The van der Waals surface area contributed by atoms with Crippen LogP contribution in [0.15, 0.2) is 12.1 Å². The van der Waals surface area contributed by atoms with E-state index in [1.165, 1.54) is 6.07 Å². The van der Waals surface area contributed by atoms with Crippen LogP contribution in [-0.4, -0.2) is 24.2 Å². The molecule has 112 valence electrons. The van der Waals surface area contributed by atoms with Gasteiger partial charge in [0.25, 0.3) is 0 Å². The number of carbonyl (C=O) groups excluding carboxylic acids is 1. The molecule has 2 aliphatic rings. The molecule has 1 saturated heterocycles. The van der Waals surface area contributed by atoms with Crippen LogP contribution in [0, 0.1) is 5.82 Å². The van der Waals surface area contributed by atoms with Crippen molar-refractivity contribution < 1.29 is 18.5 Å². The molecule has 4 nitrogen and oxygen atoms in total. The fourth-order valence-corrected chi connectivity index (χ4v) is 2.57. The van der Waals surface area contributed by atoms with Crippen molar-refractivity contribution in [1.82, 2.24) is 0 Å². The molecule has 0 saturated carbocycles. The first kappa shape index (κ1) is 14.5. The summed E-state index contributed by atoms with van der Waals surface area (Å²) in [4.78, 5) is 11.4. The Morgan fingerprint density at radius 3 is 2.38 bits per heavy atom. The topological polar surface area (TPSA) is 47.6 Å². The molecule has 6 heteroatoms. The van der Waals surface area contributed by atoms with Gasteiger partial charge < -0.3 is 14.6 Å². The summed E-state index contributed by atoms with van der Waals surface area (Å²) in [5.74, 6) is -0.500. The lowest BCUT2D eigenvalue weighted by atomic mass is 9.77. The van der Waals surface area contributed by atoms with E-state index in [1.54, 1.807) is 6.07 Å². The molecule has 0 atom stereocenters. The number of rotatable bonds is 1. The standard InChI is InChI=1S/C15H19BFNO3/c1-14(2)15(3,4)21-16(20-14)10-7-9-5-6-13(19)18-12(9)8-11(10)17/h7-8H,5-6H2,1-4H3,(H,18,19). The van der Waals surface area contributed by atoms with E-state index in [0.29, 0.717) is 24.0 Å². The second kappa shape index (κ2) is 4.55. The predicted octanol–water partition coefficient (Wildman–Crippen LogP) is 2.01. The molecular weight excluding hydrogens is 272 g/mol. The Bertz CT molecular complexity index is 599. The summed E-state index contributed by atoms with van der Waals surface area (Å²) in [5, 5.41) is 2.69. The van der Waals surface area contributed by atoms with Gasteiger partial charge in [-0.15, -0.1) is 0 Å². The predicted molar refractivity (Wildman–Crippen MR) is 79.1 cm³/mol. The molecule has 0 aliphatic carbocycles. The Balaban J connectivity index is 1.96. The molecule has 0 aromatic heterocycles. The number of amides is 1. The van der Waals surface area contributed by atoms with Gasteiger partial charge in [-0.25, -0.2) is 4.39 Å². The van der Waals surface area contributed by atoms with Crippen molar-refractivity contribution in [2.45, 2.75) is 51.7 Å². The van der Waals surface area contributed by atoms with Crippen LogP contribution in [0.1, 0.15) is 39.7 Å². The number of aryl methyl sites for hydroxylation is 1. The molecule has 0 spiro atoms. The molecule has 3 rings (SSSR count). The van der Waals surface area contributed by atoms with Gasteiger partial charge in [0.05, 0.1) is 11.2 Å². The van der Waals surface area contributed by atoms with Crippen LogP contribution in [0.25, 0.3) is 0 Å². The quantitative estimate of drug-likeness (QED) is 0.805. The molecule has 1 aromatic carbocycles. The van der Waals surface area contributed by atoms with Crippen LogP contribution in [0.5, 0.6) is 0 Å². The van der Waals surface area contributed by atoms with Crippen LogP contribution in [0.2, 0.25) is 0 Å². The lowest BCUT2D eigenvalue weighted by Crippen LogP contribution is -2.41. The third-order valence-corrected chi connectivity index (χ3v) is 4.63. The Labute approximate surface area is 124 Å². The van der Waals surface area contributed by atoms with E-state index in [1.807, 2.05) is 27.7 Å². The van der Waals surface area contributed by atoms with Gasteiger partial charge in [0, 0.05) is 17.6 Å². The average molecular weight is 291 g/mol. The Hall–Kier alpha value is -1.40. The van der Waals surface area contributed by atoms with Crippen molar-refractivity contribution in [3.63, 3.8) is 0 Å². The average Bonchev–Trinajstić information content (AvgIpc) is 2.57. The fourth-order valence-electron chi connectivity index (χ4n) is 2.57. The molecule has 1 aromatic rings. The lowest BCUT2D eigenvalue weighted by Gasteiger charge is -2.32. The van der Waals surface area contributed by atoms with E-state index < -0.39 is 24.1 Å². The van der Waals surface area contributed by atoms with Crippen molar-refractivity contribution >= 4 is 24.2 Å². The summed E-state index contributed by atoms with van der Waals surface area (Å²) in [5.41, 5.74) is 0.843. The highest BCUT2D eigenvalue weighted by atomic mass is 19.1. The first-order valence-corrected chi connectivity index (χ1v) is 7.17. The third-order valence-electron chi connectivity index (χ3n) is 4.63. The minimum atomic E-state index is -0.724. The van der Waals surface area contributed by atoms with Gasteiger partial charge in [-0.05, 0) is 45.7 Å². The van der Waals surface area contributed by atoms with Crippen LogP contribution in [0.4, 0.5) is 10.1 Å². The van der Waals surface area contributed by atoms with Gasteiger partial charge in [0.2, 0.25) is 5.91 Å². The first-order chi connectivity index (χ1) is 9.69. The van der Waals surface area contributed by atoms with Gasteiger partial charge in [-0.2, -0.15) is 0 Å². The zero-order valence-electron chi connectivity index (χ0n) is 12.7. The van der Waals surface area contributed by atoms with Crippen LogP contribution in [-0.2, 0) is 20.5 Å². The SMILES string of the molecule is CC1(C)OB(c2cc3c(cc2F)NC(=O)CC3)OC1(C)C. The maximum atomic E-state index is 14.3. The van der Waals surface area contributed by atoms with E-state index in [-0.39, 0.29) is 5.91 Å². The highest BCUT2D eigenvalue weighted by Crippen LogP contribution is 2.37. The second-order valence-corrected chi connectivity index (χ2v) is 6.67. The van der Waals surface area contributed by atoms with Crippen LogP contribution >= 0.6 is 0 Å². The number of hydrogen-bond acceptors (Lipinski definition) is 3.